The normalized spacial score (nSPS) is 21.8. The van der Waals surface area contributed by atoms with Crippen LogP contribution in [0.3, 0.4) is 0 Å². The largest absolute Gasteiger partial charge is 0.454 e. The second kappa shape index (κ2) is 3.55. The molecule has 1 N–H and O–H groups in total. The van der Waals surface area contributed by atoms with E-state index < -0.39 is 6.09 Å². The van der Waals surface area contributed by atoms with Gasteiger partial charge in [-0.05, 0) is 17.7 Å². The SMILES string of the molecule is O=C1N[C@H](c2cc3c(cc2Br)OCO3)CO1. The summed E-state index contributed by atoms with van der Waals surface area (Å²) in [5.74, 6) is 1.40. The van der Waals surface area contributed by atoms with Crippen LogP contribution in [0.2, 0.25) is 0 Å². The molecule has 1 fully saturated rings. The number of hydrogen-bond acceptors (Lipinski definition) is 4. The number of cyclic esters (lactones) is 1. The zero-order valence-corrected chi connectivity index (χ0v) is 9.74. The van der Waals surface area contributed by atoms with Crippen molar-refractivity contribution in [1.82, 2.24) is 5.32 Å². The zero-order valence-electron chi connectivity index (χ0n) is 8.16. The van der Waals surface area contributed by atoms with Crippen LogP contribution in [0.4, 0.5) is 4.79 Å². The lowest BCUT2D eigenvalue weighted by Crippen LogP contribution is -2.18. The standard InChI is InChI=1S/C10H8BrNO4/c11-6-2-9-8(15-4-16-9)1-5(6)7-3-14-10(13)12-7/h1-2,7H,3-4H2,(H,12,13)/t7-/m0/s1. The first kappa shape index (κ1) is 9.77. The lowest BCUT2D eigenvalue weighted by molar-refractivity contribution is 0.174. The van der Waals surface area contributed by atoms with Gasteiger partial charge in [0.05, 0.1) is 6.04 Å². The van der Waals surface area contributed by atoms with Crippen molar-refractivity contribution < 1.29 is 19.0 Å². The fourth-order valence-corrected chi connectivity index (χ4v) is 2.35. The number of amides is 1. The maximum absolute atomic E-state index is 11.0. The minimum atomic E-state index is -0.394. The third kappa shape index (κ3) is 1.49. The Kier molecular flexibility index (Phi) is 2.17. The van der Waals surface area contributed by atoms with Gasteiger partial charge in [0.2, 0.25) is 6.79 Å². The predicted octanol–water partition coefficient (Wildman–Crippen LogP) is 1.96. The molecule has 1 amide bonds. The van der Waals surface area contributed by atoms with Crippen LogP contribution in [0.15, 0.2) is 16.6 Å². The number of ether oxygens (including phenoxy) is 3. The highest BCUT2D eigenvalue weighted by Gasteiger charge is 2.27. The van der Waals surface area contributed by atoms with E-state index in [1.54, 1.807) is 0 Å². The van der Waals surface area contributed by atoms with Crippen molar-refractivity contribution in [3.05, 3.63) is 22.2 Å². The molecule has 0 aliphatic carbocycles. The van der Waals surface area contributed by atoms with Gasteiger partial charge in [0, 0.05) is 4.47 Å². The Morgan fingerprint density at radius 1 is 1.25 bits per heavy atom. The molecule has 0 radical (unpaired) electrons. The van der Waals surface area contributed by atoms with Crippen molar-refractivity contribution in [2.24, 2.45) is 0 Å². The number of hydrogen-bond donors (Lipinski definition) is 1. The maximum atomic E-state index is 11.0. The van der Waals surface area contributed by atoms with E-state index in [0.29, 0.717) is 18.1 Å². The summed E-state index contributed by atoms with van der Waals surface area (Å²) >= 11 is 3.44. The van der Waals surface area contributed by atoms with E-state index in [1.807, 2.05) is 12.1 Å². The highest BCUT2D eigenvalue weighted by atomic mass is 79.9. The summed E-state index contributed by atoms with van der Waals surface area (Å²) in [7, 11) is 0. The van der Waals surface area contributed by atoms with Gasteiger partial charge < -0.3 is 19.5 Å². The summed E-state index contributed by atoms with van der Waals surface area (Å²) < 4.78 is 16.3. The third-order valence-electron chi connectivity index (χ3n) is 2.54. The lowest BCUT2D eigenvalue weighted by atomic mass is 10.1. The van der Waals surface area contributed by atoms with Crippen molar-refractivity contribution in [2.75, 3.05) is 13.4 Å². The summed E-state index contributed by atoms with van der Waals surface area (Å²) in [4.78, 5) is 11.0. The minimum Gasteiger partial charge on any atom is -0.454 e. The van der Waals surface area contributed by atoms with Crippen LogP contribution in [0.1, 0.15) is 11.6 Å². The average Bonchev–Trinajstić information content (AvgIpc) is 2.84. The molecule has 84 valence electrons. The molecule has 0 spiro atoms. The van der Waals surface area contributed by atoms with Crippen LogP contribution in [0.25, 0.3) is 0 Å². The minimum absolute atomic E-state index is 0.142. The number of nitrogens with one attached hydrogen (secondary N) is 1. The van der Waals surface area contributed by atoms with Crippen molar-refractivity contribution in [2.45, 2.75) is 6.04 Å². The summed E-state index contributed by atoms with van der Waals surface area (Å²) in [5, 5.41) is 2.71. The number of rotatable bonds is 1. The summed E-state index contributed by atoms with van der Waals surface area (Å²) in [6.45, 7) is 0.565. The summed E-state index contributed by atoms with van der Waals surface area (Å²) in [5.41, 5.74) is 0.926. The van der Waals surface area contributed by atoms with Crippen molar-refractivity contribution in [3.63, 3.8) is 0 Å². The van der Waals surface area contributed by atoms with E-state index in [0.717, 1.165) is 10.0 Å². The molecule has 5 nitrogen and oxygen atoms in total. The van der Waals surface area contributed by atoms with E-state index in [2.05, 4.69) is 21.2 Å². The molecule has 0 bridgehead atoms. The molecule has 0 unspecified atom stereocenters. The molecule has 0 saturated carbocycles. The van der Waals surface area contributed by atoms with Crippen molar-refractivity contribution in [3.8, 4) is 11.5 Å². The average molecular weight is 286 g/mol. The number of benzene rings is 1. The van der Waals surface area contributed by atoms with Gasteiger partial charge in [-0.15, -0.1) is 0 Å². The maximum Gasteiger partial charge on any atom is 0.407 e. The molecular formula is C10H8BrNO4. The van der Waals surface area contributed by atoms with Crippen LogP contribution in [-0.4, -0.2) is 19.5 Å². The number of halogens is 1. The van der Waals surface area contributed by atoms with E-state index in [-0.39, 0.29) is 12.8 Å². The van der Waals surface area contributed by atoms with Crippen LogP contribution in [-0.2, 0) is 4.74 Å². The molecule has 1 aromatic rings. The van der Waals surface area contributed by atoms with Crippen LogP contribution >= 0.6 is 15.9 Å². The topological polar surface area (TPSA) is 56.8 Å². The van der Waals surface area contributed by atoms with Gasteiger partial charge in [0.15, 0.2) is 11.5 Å². The summed E-state index contributed by atoms with van der Waals surface area (Å²) in [6.07, 6.45) is -0.394. The van der Waals surface area contributed by atoms with E-state index >= 15 is 0 Å². The Bertz CT molecular complexity index is 462. The number of carbonyl (C=O) groups is 1. The van der Waals surface area contributed by atoms with Gasteiger partial charge in [-0.3, -0.25) is 0 Å². The molecule has 2 heterocycles. The van der Waals surface area contributed by atoms with E-state index in [9.17, 15) is 4.79 Å². The van der Waals surface area contributed by atoms with Gasteiger partial charge in [0.1, 0.15) is 6.61 Å². The quantitative estimate of drug-likeness (QED) is 0.857. The number of fused-ring (bicyclic) bond motifs is 1. The van der Waals surface area contributed by atoms with Crippen molar-refractivity contribution >= 4 is 22.0 Å². The van der Waals surface area contributed by atoms with E-state index in [4.69, 9.17) is 14.2 Å². The van der Waals surface area contributed by atoms with Gasteiger partial charge in [-0.2, -0.15) is 0 Å². The van der Waals surface area contributed by atoms with Gasteiger partial charge >= 0.3 is 6.09 Å². The Balaban J connectivity index is 1.98. The Morgan fingerprint density at radius 3 is 2.69 bits per heavy atom. The molecule has 2 aliphatic heterocycles. The Morgan fingerprint density at radius 2 is 2.00 bits per heavy atom. The van der Waals surface area contributed by atoms with Gasteiger partial charge in [0.25, 0.3) is 0 Å². The van der Waals surface area contributed by atoms with Crippen LogP contribution < -0.4 is 14.8 Å². The lowest BCUT2D eigenvalue weighted by Gasteiger charge is -2.10. The molecule has 6 heteroatoms. The van der Waals surface area contributed by atoms with Gasteiger partial charge in [-0.1, -0.05) is 15.9 Å². The molecular weight excluding hydrogens is 278 g/mol. The Hall–Kier alpha value is -1.43. The highest BCUT2D eigenvalue weighted by molar-refractivity contribution is 9.10. The molecule has 1 aromatic carbocycles. The molecule has 2 aliphatic rings. The fraction of sp³-hybridized carbons (Fsp3) is 0.300. The second-order valence-corrected chi connectivity index (χ2v) is 4.38. The molecule has 0 aromatic heterocycles. The number of carbonyl (C=O) groups excluding carboxylic acids is 1. The zero-order chi connectivity index (χ0) is 11.1. The smallest absolute Gasteiger partial charge is 0.407 e. The molecule has 16 heavy (non-hydrogen) atoms. The van der Waals surface area contributed by atoms with E-state index in [1.165, 1.54) is 0 Å². The Labute approximate surface area is 99.8 Å². The monoisotopic (exact) mass is 285 g/mol. The highest BCUT2D eigenvalue weighted by Crippen LogP contribution is 2.39. The second-order valence-electron chi connectivity index (χ2n) is 3.52. The first-order chi connectivity index (χ1) is 7.74. The van der Waals surface area contributed by atoms with Gasteiger partial charge in [-0.25, -0.2) is 4.79 Å². The predicted molar refractivity (Wildman–Crippen MR) is 57.5 cm³/mol. The van der Waals surface area contributed by atoms with Crippen molar-refractivity contribution in [1.29, 1.82) is 0 Å². The first-order valence-corrected chi connectivity index (χ1v) is 5.55. The fourth-order valence-electron chi connectivity index (χ4n) is 1.75. The van der Waals surface area contributed by atoms with Crippen LogP contribution in [0.5, 0.6) is 11.5 Å². The van der Waals surface area contributed by atoms with Crippen LogP contribution in [0, 0.1) is 0 Å². The molecule has 1 saturated heterocycles. The third-order valence-corrected chi connectivity index (χ3v) is 3.23. The number of alkyl carbamates (subject to hydrolysis) is 1. The molecule has 1 atom stereocenters. The first-order valence-electron chi connectivity index (χ1n) is 4.76. The molecule has 3 rings (SSSR count). The summed E-state index contributed by atoms with van der Waals surface area (Å²) in [6, 6.07) is 3.55.